The Bertz CT molecular complexity index is 598. The molecule has 0 aliphatic rings. The zero-order chi connectivity index (χ0) is 14.0. The van der Waals surface area contributed by atoms with Gasteiger partial charge in [-0.25, -0.2) is 4.68 Å². The van der Waals surface area contributed by atoms with Gasteiger partial charge in [-0.2, -0.15) is 0 Å². The molecule has 102 valence electrons. The van der Waals surface area contributed by atoms with E-state index in [1.54, 1.807) is 6.07 Å². The Hall–Kier alpha value is -1.18. The van der Waals surface area contributed by atoms with Crippen LogP contribution in [0, 0.1) is 5.92 Å². The molecular formula is C10H10Cl2N4O2S. The normalized spacial score (nSPS) is 12.6. The molecule has 1 atom stereocenters. The first-order valence-corrected chi connectivity index (χ1v) is 6.97. The molecule has 0 fully saturated rings. The number of carboxylic acids is 1. The average Bonchev–Trinajstić information content (AvgIpc) is 2.83. The third-order valence-corrected chi connectivity index (χ3v) is 3.92. The number of carbonyl (C=O) groups is 1. The highest BCUT2D eigenvalue weighted by Crippen LogP contribution is 2.37. The molecule has 2 rings (SSSR count). The standard InChI is InChI=1S/C10H10Cl2N4O2S/c1-5(2-8(17)18)4-16-10(13-14-15-16)6-3-7(11)19-9(6)12/h3,5H,2,4H2,1H3,(H,17,18). The Morgan fingerprint density at radius 3 is 2.89 bits per heavy atom. The highest BCUT2D eigenvalue weighted by atomic mass is 35.5. The number of aromatic nitrogens is 4. The number of halogens is 2. The molecule has 0 radical (unpaired) electrons. The van der Waals surface area contributed by atoms with Gasteiger partial charge in [0.25, 0.3) is 0 Å². The number of thiophene rings is 1. The fourth-order valence-corrected chi connectivity index (χ4v) is 3.13. The minimum Gasteiger partial charge on any atom is -0.481 e. The number of tetrazole rings is 1. The van der Waals surface area contributed by atoms with Crippen LogP contribution in [0.5, 0.6) is 0 Å². The van der Waals surface area contributed by atoms with Crippen LogP contribution in [0.4, 0.5) is 0 Å². The summed E-state index contributed by atoms with van der Waals surface area (Å²) in [5.41, 5.74) is 0.657. The molecule has 0 aliphatic heterocycles. The topological polar surface area (TPSA) is 80.9 Å². The fraction of sp³-hybridized carbons (Fsp3) is 0.400. The number of hydrogen-bond acceptors (Lipinski definition) is 5. The Morgan fingerprint density at radius 1 is 1.58 bits per heavy atom. The zero-order valence-corrected chi connectivity index (χ0v) is 12.2. The third-order valence-electron chi connectivity index (χ3n) is 2.44. The molecule has 2 aromatic heterocycles. The maximum Gasteiger partial charge on any atom is 0.303 e. The molecule has 0 amide bonds. The van der Waals surface area contributed by atoms with Crippen LogP contribution < -0.4 is 0 Å². The summed E-state index contributed by atoms with van der Waals surface area (Å²) in [5.74, 6) is -0.447. The Kier molecular flexibility index (Phi) is 4.38. The molecule has 0 saturated carbocycles. The van der Waals surface area contributed by atoms with Gasteiger partial charge in [0.15, 0.2) is 5.82 Å². The van der Waals surface area contributed by atoms with Gasteiger partial charge < -0.3 is 5.11 Å². The second kappa shape index (κ2) is 5.85. The van der Waals surface area contributed by atoms with Gasteiger partial charge in [-0.3, -0.25) is 4.79 Å². The van der Waals surface area contributed by atoms with Crippen LogP contribution in [0.2, 0.25) is 8.67 Å². The lowest BCUT2D eigenvalue weighted by Gasteiger charge is -2.09. The molecule has 0 bridgehead atoms. The van der Waals surface area contributed by atoms with Crippen LogP contribution in [0.1, 0.15) is 13.3 Å². The van der Waals surface area contributed by atoms with Gasteiger partial charge in [0.05, 0.1) is 9.90 Å². The second-order valence-corrected chi connectivity index (χ2v) is 6.41. The van der Waals surface area contributed by atoms with Crippen molar-refractivity contribution in [1.29, 1.82) is 0 Å². The van der Waals surface area contributed by atoms with E-state index in [9.17, 15) is 4.79 Å². The van der Waals surface area contributed by atoms with Crippen molar-refractivity contribution in [2.75, 3.05) is 0 Å². The summed E-state index contributed by atoms with van der Waals surface area (Å²) >= 11 is 13.2. The summed E-state index contributed by atoms with van der Waals surface area (Å²) in [5, 5.41) is 20.1. The van der Waals surface area contributed by atoms with Gasteiger partial charge in [-0.05, 0) is 22.4 Å². The number of nitrogens with zero attached hydrogens (tertiary/aromatic N) is 4. The van der Waals surface area contributed by atoms with Gasteiger partial charge in [-0.15, -0.1) is 16.4 Å². The summed E-state index contributed by atoms with van der Waals surface area (Å²) < 4.78 is 2.60. The zero-order valence-electron chi connectivity index (χ0n) is 9.88. The first-order chi connectivity index (χ1) is 8.97. The summed E-state index contributed by atoms with van der Waals surface area (Å²) in [6, 6.07) is 1.69. The quantitative estimate of drug-likeness (QED) is 0.916. The maximum atomic E-state index is 10.7. The lowest BCUT2D eigenvalue weighted by atomic mass is 10.1. The molecular weight excluding hydrogens is 311 g/mol. The lowest BCUT2D eigenvalue weighted by Crippen LogP contribution is -2.14. The van der Waals surface area contributed by atoms with E-state index in [0.717, 1.165) is 0 Å². The van der Waals surface area contributed by atoms with Gasteiger partial charge >= 0.3 is 5.97 Å². The van der Waals surface area contributed by atoms with Gasteiger partial charge in [0.2, 0.25) is 0 Å². The van der Waals surface area contributed by atoms with Crippen LogP contribution in [0.3, 0.4) is 0 Å². The predicted octanol–water partition coefficient (Wildman–Crippen LogP) is 2.82. The SMILES string of the molecule is CC(CC(=O)O)Cn1nnnc1-c1cc(Cl)sc1Cl. The molecule has 6 nitrogen and oxygen atoms in total. The molecule has 0 saturated heterocycles. The minimum atomic E-state index is -0.848. The smallest absolute Gasteiger partial charge is 0.303 e. The van der Waals surface area contributed by atoms with Crippen molar-refractivity contribution in [1.82, 2.24) is 20.2 Å². The van der Waals surface area contributed by atoms with Crippen molar-refractivity contribution in [3.8, 4) is 11.4 Å². The molecule has 2 heterocycles. The van der Waals surface area contributed by atoms with E-state index in [0.29, 0.717) is 26.6 Å². The molecule has 0 spiro atoms. The highest BCUT2D eigenvalue weighted by Gasteiger charge is 2.18. The Balaban J connectivity index is 2.23. The van der Waals surface area contributed by atoms with Crippen LogP contribution in [-0.2, 0) is 11.3 Å². The minimum absolute atomic E-state index is 0.0530. The van der Waals surface area contributed by atoms with E-state index < -0.39 is 5.97 Å². The number of rotatable bonds is 5. The van der Waals surface area contributed by atoms with Crippen LogP contribution in [0.15, 0.2) is 6.07 Å². The fourth-order valence-electron chi connectivity index (χ4n) is 1.67. The molecule has 0 aliphatic carbocycles. The lowest BCUT2D eigenvalue weighted by molar-refractivity contribution is -0.138. The van der Waals surface area contributed by atoms with Crippen LogP contribution in [0.25, 0.3) is 11.4 Å². The van der Waals surface area contributed by atoms with Crippen molar-refractivity contribution in [3.63, 3.8) is 0 Å². The van der Waals surface area contributed by atoms with E-state index in [4.69, 9.17) is 28.3 Å². The van der Waals surface area contributed by atoms with E-state index in [-0.39, 0.29) is 12.3 Å². The van der Waals surface area contributed by atoms with Crippen LogP contribution >= 0.6 is 34.5 Å². The van der Waals surface area contributed by atoms with E-state index >= 15 is 0 Å². The van der Waals surface area contributed by atoms with Gasteiger partial charge in [-0.1, -0.05) is 30.1 Å². The largest absolute Gasteiger partial charge is 0.481 e. The summed E-state index contributed by atoms with van der Waals surface area (Å²) in [6.07, 6.45) is 0.0530. The molecule has 0 aromatic carbocycles. The first kappa shape index (κ1) is 14.2. The summed E-state index contributed by atoms with van der Waals surface area (Å²) in [6.45, 7) is 2.22. The van der Waals surface area contributed by atoms with Crippen LogP contribution in [-0.4, -0.2) is 31.3 Å². The molecule has 1 N–H and O–H groups in total. The van der Waals surface area contributed by atoms with Crippen molar-refractivity contribution in [2.24, 2.45) is 5.92 Å². The highest BCUT2D eigenvalue weighted by molar-refractivity contribution is 7.20. The van der Waals surface area contributed by atoms with Gasteiger partial charge in [0.1, 0.15) is 4.34 Å². The van der Waals surface area contributed by atoms with Crippen molar-refractivity contribution in [2.45, 2.75) is 19.9 Å². The van der Waals surface area contributed by atoms with Gasteiger partial charge in [0, 0.05) is 13.0 Å². The van der Waals surface area contributed by atoms with Crippen molar-refractivity contribution < 1.29 is 9.90 Å². The second-order valence-electron chi connectivity index (χ2n) is 4.13. The van der Waals surface area contributed by atoms with E-state index in [2.05, 4.69) is 15.5 Å². The summed E-state index contributed by atoms with van der Waals surface area (Å²) in [7, 11) is 0. The van der Waals surface area contributed by atoms with E-state index in [1.165, 1.54) is 16.0 Å². The molecule has 2 aromatic rings. The average molecular weight is 321 g/mol. The van der Waals surface area contributed by atoms with Crippen molar-refractivity contribution in [3.05, 3.63) is 14.7 Å². The Morgan fingerprint density at radius 2 is 2.32 bits per heavy atom. The maximum absolute atomic E-state index is 10.7. The first-order valence-electron chi connectivity index (χ1n) is 5.40. The molecule has 19 heavy (non-hydrogen) atoms. The number of hydrogen-bond donors (Lipinski definition) is 1. The Labute approximate surface area is 122 Å². The van der Waals surface area contributed by atoms with E-state index in [1.807, 2.05) is 6.92 Å². The number of carboxylic acid groups (broad SMARTS) is 1. The van der Waals surface area contributed by atoms with Crippen molar-refractivity contribution >= 4 is 40.5 Å². The monoisotopic (exact) mass is 320 g/mol. The molecule has 9 heteroatoms. The number of aliphatic carboxylic acids is 1. The third kappa shape index (κ3) is 3.43. The predicted molar refractivity (Wildman–Crippen MR) is 72.6 cm³/mol. The molecule has 1 unspecified atom stereocenters. The summed E-state index contributed by atoms with van der Waals surface area (Å²) in [4.78, 5) is 10.7.